The minimum atomic E-state index is 0.548. The molecule has 0 aliphatic heterocycles. The molecule has 0 N–H and O–H groups in total. The van der Waals surface area contributed by atoms with Gasteiger partial charge in [-0.3, -0.25) is 4.90 Å². The fourth-order valence-corrected chi connectivity index (χ4v) is 2.02. The molecule has 1 aromatic carbocycles. The van der Waals surface area contributed by atoms with Gasteiger partial charge in [-0.15, -0.1) is 11.6 Å². The molecular formula is C14H22ClNO. The van der Waals surface area contributed by atoms with E-state index in [1.165, 1.54) is 5.56 Å². The molecule has 0 amide bonds. The van der Waals surface area contributed by atoms with Crippen molar-refractivity contribution in [2.45, 2.75) is 26.3 Å². The smallest absolute Gasteiger partial charge is 0.118 e. The van der Waals surface area contributed by atoms with E-state index in [1.54, 1.807) is 7.11 Å². The van der Waals surface area contributed by atoms with Gasteiger partial charge in [-0.1, -0.05) is 12.1 Å². The summed E-state index contributed by atoms with van der Waals surface area (Å²) in [7, 11) is 1.69. The summed E-state index contributed by atoms with van der Waals surface area (Å²) in [6.07, 6.45) is 1.05. The zero-order valence-electron chi connectivity index (χ0n) is 10.9. The fraction of sp³-hybridized carbons (Fsp3) is 0.571. The number of alkyl halides is 1. The van der Waals surface area contributed by atoms with Crippen LogP contribution in [0.2, 0.25) is 0 Å². The minimum Gasteiger partial charge on any atom is -0.497 e. The summed E-state index contributed by atoms with van der Waals surface area (Å²) in [5.74, 6) is 1.61. The largest absolute Gasteiger partial charge is 0.497 e. The van der Waals surface area contributed by atoms with Crippen molar-refractivity contribution in [1.29, 1.82) is 0 Å². The molecule has 0 aromatic heterocycles. The molecule has 0 saturated heterocycles. The third-order valence-electron chi connectivity index (χ3n) is 2.95. The highest BCUT2D eigenvalue weighted by atomic mass is 35.5. The van der Waals surface area contributed by atoms with Gasteiger partial charge >= 0.3 is 0 Å². The first-order valence-corrected chi connectivity index (χ1v) is 6.63. The van der Waals surface area contributed by atoms with Crippen LogP contribution in [0.25, 0.3) is 0 Å². The predicted molar refractivity (Wildman–Crippen MR) is 74.1 cm³/mol. The summed E-state index contributed by atoms with van der Waals surface area (Å²) in [6, 6.07) is 8.82. The second-order valence-corrected chi connectivity index (χ2v) is 4.79. The molecule has 96 valence electrons. The van der Waals surface area contributed by atoms with Crippen molar-refractivity contribution < 1.29 is 4.74 Å². The van der Waals surface area contributed by atoms with Gasteiger partial charge in [0.05, 0.1) is 7.11 Å². The number of hydrogen-bond donors (Lipinski definition) is 0. The second kappa shape index (κ2) is 7.57. The highest BCUT2D eigenvalue weighted by Gasteiger charge is 2.08. The van der Waals surface area contributed by atoms with Crippen LogP contribution in [-0.4, -0.2) is 37.0 Å². The number of benzene rings is 1. The van der Waals surface area contributed by atoms with E-state index >= 15 is 0 Å². The Kier molecular flexibility index (Phi) is 6.38. The van der Waals surface area contributed by atoms with Crippen LogP contribution < -0.4 is 4.74 Å². The number of halogens is 1. The van der Waals surface area contributed by atoms with Gasteiger partial charge < -0.3 is 4.74 Å². The molecule has 1 rings (SSSR count). The van der Waals surface area contributed by atoms with E-state index < -0.39 is 0 Å². The van der Waals surface area contributed by atoms with Crippen molar-refractivity contribution in [3.05, 3.63) is 29.8 Å². The third-order valence-corrected chi connectivity index (χ3v) is 3.12. The maximum absolute atomic E-state index is 5.80. The maximum atomic E-state index is 5.80. The third kappa shape index (κ3) is 4.97. The highest BCUT2D eigenvalue weighted by molar-refractivity contribution is 6.18. The fourth-order valence-electron chi connectivity index (χ4n) is 1.80. The molecule has 17 heavy (non-hydrogen) atoms. The lowest BCUT2D eigenvalue weighted by molar-refractivity contribution is 0.238. The van der Waals surface area contributed by atoms with Gasteiger partial charge in [0, 0.05) is 25.0 Å². The van der Waals surface area contributed by atoms with Crippen LogP contribution in [0.15, 0.2) is 24.3 Å². The Morgan fingerprint density at radius 1 is 1.18 bits per heavy atom. The SMILES string of the molecule is COc1ccc(CCN(CCCl)C(C)C)cc1. The van der Waals surface area contributed by atoms with Crippen LogP contribution in [0.1, 0.15) is 19.4 Å². The Bertz CT molecular complexity index is 311. The average Bonchev–Trinajstić information content (AvgIpc) is 2.34. The molecule has 0 saturated carbocycles. The zero-order valence-corrected chi connectivity index (χ0v) is 11.7. The van der Waals surface area contributed by atoms with E-state index in [0.29, 0.717) is 11.9 Å². The summed E-state index contributed by atoms with van der Waals surface area (Å²) >= 11 is 5.80. The van der Waals surface area contributed by atoms with Gasteiger partial charge in [0.15, 0.2) is 0 Å². The van der Waals surface area contributed by atoms with Gasteiger partial charge in [-0.25, -0.2) is 0 Å². The minimum absolute atomic E-state index is 0.548. The molecule has 2 nitrogen and oxygen atoms in total. The lowest BCUT2D eigenvalue weighted by atomic mass is 10.1. The Balaban J connectivity index is 2.47. The van der Waals surface area contributed by atoms with Gasteiger partial charge in [-0.2, -0.15) is 0 Å². The van der Waals surface area contributed by atoms with E-state index in [-0.39, 0.29) is 0 Å². The molecule has 0 spiro atoms. The summed E-state index contributed by atoms with van der Waals surface area (Å²) in [5.41, 5.74) is 1.34. The van der Waals surface area contributed by atoms with Gasteiger partial charge in [0.1, 0.15) is 5.75 Å². The summed E-state index contributed by atoms with van der Waals surface area (Å²) in [5, 5.41) is 0. The average molecular weight is 256 g/mol. The standard InChI is InChI=1S/C14H22ClNO/c1-12(2)16(11-9-15)10-8-13-4-6-14(17-3)7-5-13/h4-7,12H,8-11H2,1-3H3. The highest BCUT2D eigenvalue weighted by Crippen LogP contribution is 2.12. The summed E-state index contributed by atoms with van der Waals surface area (Å²) < 4.78 is 5.14. The number of ether oxygens (including phenoxy) is 1. The van der Waals surface area contributed by atoms with Gasteiger partial charge in [-0.05, 0) is 38.0 Å². The molecule has 0 heterocycles. The number of nitrogens with zero attached hydrogens (tertiary/aromatic N) is 1. The lowest BCUT2D eigenvalue weighted by Crippen LogP contribution is -2.34. The predicted octanol–water partition coefficient (Wildman–Crippen LogP) is 3.19. The van der Waals surface area contributed by atoms with E-state index in [9.17, 15) is 0 Å². The van der Waals surface area contributed by atoms with Crippen molar-refractivity contribution in [3.63, 3.8) is 0 Å². The molecule has 0 aliphatic carbocycles. The van der Waals surface area contributed by atoms with Crippen LogP contribution in [0.3, 0.4) is 0 Å². The van der Waals surface area contributed by atoms with Crippen LogP contribution in [0, 0.1) is 0 Å². The van der Waals surface area contributed by atoms with Gasteiger partial charge in [0.2, 0.25) is 0 Å². The lowest BCUT2D eigenvalue weighted by Gasteiger charge is -2.25. The van der Waals surface area contributed by atoms with Crippen molar-refractivity contribution in [3.8, 4) is 5.75 Å². The number of methoxy groups -OCH3 is 1. The van der Waals surface area contributed by atoms with E-state index in [0.717, 1.165) is 25.3 Å². The Hall–Kier alpha value is -0.730. The molecular weight excluding hydrogens is 234 g/mol. The summed E-state index contributed by atoms with van der Waals surface area (Å²) in [6.45, 7) is 6.42. The normalized spacial score (nSPS) is 11.2. The molecule has 1 aromatic rings. The molecule has 0 fully saturated rings. The van der Waals surface area contributed by atoms with Crippen molar-refractivity contribution in [2.24, 2.45) is 0 Å². The topological polar surface area (TPSA) is 12.5 Å². The van der Waals surface area contributed by atoms with Crippen molar-refractivity contribution >= 4 is 11.6 Å². The molecule has 0 atom stereocenters. The summed E-state index contributed by atoms with van der Waals surface area (Å²) in [4.78, 5) is 2.40. The monoisotopic (exact) mass is 255 g/mol. The Morgan fingerprint density at radius 2 is 1.82 bits per heavy atom. The first-order chi connectivity index (χ1) is 8.17. The van der Waals surface area contributed by atoms with Gasteiger partial charge in [0.25, 0.3) is 0 Å². The number of hydrogen-bond acceptors (Lipinski definition) is 2. The van der Waals surface area contributed by atoms with Crippen molar-refractivity contribution in [2.75, 3.05) is 26.1 Å². The van der Waals surface area contributed by atoms with Crippen LogP contribution in [-0.2, 0) is 6.42 Å². The Labute approximate surface area is 110 Å². The maximum Gasteiger partial charge on any atom is 0.118 e. The second-order valence-electron chi connectivity index (χ2n) is 4.42. The molecule has 0 unspecified atom stereocenters. The quantitative estimate of drug-likeness (QED) is 0.694. The molecule has 0 radical (unpaired) electrons. The number of rotatable bonds is 7. The van der Waals surface area contributed by atoms with Crippen LogP contribution in [0.4, 0.5) is 0 Å². The zero-order chi connectivity index (χ0) is 12.7. The van der Waals surface area contributed by atoms with Crippen LogP contribution in [0.5, 0.6) is 5.75 Å². The Morgan fingerprint density at radius 3 is 2.29 bits per heavy atom. The van der Waals surface area contributed by atoms with E-state index in [2.05, 4.69) is 30.9 Å². The van der Waals surface area contributed by atoms with E-state index in [1.807, 2.05) is 12.1 Å². The van der Waals surface area contributed by atoms with Crippen LogP contribution >= 0.6 is 11.6 Å². The van der Waals surface area contributed by atoms with E-state index in [4.69, 9.17) is 16.3 Å². The first-order valence-electron chi connectivity index (χ1n) is 6.10. The molecule has 0 bridgehead atoms. The van der Waals surface area contributed by atoms with Crippen molar-refractivity contribution in [1.82, 2.24) is 4.90 Å². The first kappa shape index (κ1) is 14.3. The molecule has 0 aliphatic rings. The molecule has 3 heteroatoms.